The van der Waals surface area contributed by atoms with Crippen LogP contribution in [0.15, 0.2) is 48.5 Å². The molecule has 0 saturated carbocycles. The smallest absolute Gasteiger partial charge is 0.202 e. The number of halogens is 1. The molecule has 1 atom stereocenters. The van der Waals surface area contributed by atoms with Crippen molar-refractivity contribution in [3.8, 4) is 5.75 Å². The van der Waals surface area contributed by atoms with Gasteiger partial charge in [-0.15, -0.1) is 0 Å². The molecular formula is C17H17ClO3. The summed E-state index contributed by atoms with van der Waals surface area (Å²) < 4.78 is 5.65. The van der Waals surface area contributed by atoms with Crippen molar-refractivity contribution in [3.05, 3.63) is 64.7 Å². The molecular weight excluding hydrogens is 288 g/mol. The van der Waals surface area contributed by atoms with Crippen LogP contribution in [0.2, 0.25) is 5.02 Å². The van der Waals surface area contributed by atoms with Crippen molar-refractivity contribution >= 4 is 17.4 Å². The molecule has 1 unspecified atom stereocenters. The highest BCUT2D eigenvalue weighted by Crippen LogP contribution is 2.17. The number of aliphatic hydroxyl groups excluding tert-OH is 1. The van der Waals surface area contributed by atoms with Crippen LogP contribution in [0.4, 0.5) is 0 Å². The first-order valence-electron chi connectivity index (χ1n) is 6.76. The summed E-state index contributed by atoms with van der Waals surface area (Å²) in [5, 5.41) is 9.46. The fourth-order valence-corrected chi connectivity index (χ4v) is 2.10. The van der Waals surface area contributed by atoms with E-state index in [2.05, 4.69) is 0 Å². The van der Waals surface area contributed by atoms with Crippen LogP contribution in [-0.4, -0.2) is 23.6 Å². The molecule has 0 fully saturated rings. The molecule has 21 heavy (non-hydrogen) atoms. The van der Waals surface area contributed by atoms with E-state index in [1.54, 1.807) is 43.3 Å². The zero-order chi connectivity index (χ0) is 15.2. The number of Topliss-reactive ketones (excluding diaryl/α,β-unsaturated/α-hetero) is 1. The second-order valence-electron chi connectivity index (χ2n) is 4.75. The Morgan fingerprint density at radius 3 is 2.33 bits per heavy atom. The zero-order valence-corrected chi connectivity index (χ0v) is 12.5. The van der Waals surface area contributed by atoms with E-state index in [0.717, 1.165) is 5.56 Å². The normalized spacial score (nSPS) is 12.0. The molecule has 0 aliphatic carbocycles. The molecule has 0 bridgehead atoms. The van der Waals surface area contributed by atoms with E-state index in [0.29, 0.717) is 22.8 Å². The van der Waals surface area contributed by atoms with Crippen molar-refractivity contribution in [1.82, 2.24) is 0 Å². The summed E-state index contributed by atoms with van der Waals surface area (Å²) in [6.45, 7) is 1.84. The lowest BCUT2D eigenvalue weighted by molar-refractivity contribution is 0.0818. The first-order valence-corrected chi connectivity index (χ1v) is 7.14. The third-order valence-corrected chi connectivity index (χ3v) is 3.39. The summed E-state index contributed by atoms with van der Waals surface area (Å²) in [7, 11) is 0. The van der Waals surface area contributed by atoms with Crippen molar-refractivity contribution in [2.75, 3.05) is 6.61 Å². The SMILES string of the molecule is CC(Oc1ccc(CCO)cc1)C(=O)c1ccc(Cl)cc1. The Hall–Kier alpha value is -1.84. The van der Waals surface area contributed by atoms with E-state index in [9.17, 15) is 4.79 Å². The van der Waals surface area contributed by atoms with Crippen LogP contribution >= 0.6 is 11.6 Å². The average molecular weight is 305 g/mol. The minimum absolute atomic E-state index is 0.0916. The lowest BCUT2D eigenvalue weighted by atomic mass is 10.1. The van der Waals surface area contributed by atoms with Gasteiger partial charge in [-0.1, -0.05) is 23.7 Å². The summed E-state index contributed by atoms with van der Waals surface area (Å²) in [4.78, 5) is 12.2. The van der Waals surface area contributed by atoms with E-state index in [1.807, 2.05) is 12.1 Å². The molecule has 2 rings (SSSR count). The number of rotatable bonds is 6. The molecule has 0 spiro atoms. The van der Waals surface area contributed by atoms with Crippen LogP contribution in [-0.2, 0) is 6.42 Å². The van der Waals surface area contributed by atoms with Crippen LogP contribution in [0.3, 0.4) is 0 Å². The van der Waals surface area contributed by atoms with E-state index < -0.39 is 6.10 Å². The highest BCUT2D eigenvalue weighted by Gasteiger charge is 2.16. The lowest BCUT2D eigenvalue weighted by Crippen LogP contribution is -2.23. The highest BCUT2D eigenvalue weighted by molar-refractivity contribution is 6.30. The van der Waals surface area contributed by atoms with Crippen LogP contribution in [0, 0.1) is 0 Å². The molecule has 1 N–H and O–H groups in total. The van der Waals surface area contributed by atoms with Gasteiger partial charge in [-0.25, -0.2) is 0 Å². The predicted octanol–water partition coefficient (Wildman–Crippen LogP) is 3.53. The maximum absolute atomic E-state index is 12.2. The largest absolute Gasteiger partial charge is 0.483 e. The zero-order valence-electron chi connectivity index (χ0n) is 11.8. The maximum atomic E-state index is 12.2. The maximum Gasteiger partial charge on any atom is 0.202 e. The lowest BCUT2D eigenvalue weighted by Gasteiger charge is -2.14. The Balaban J connectivity index is 2.01. The van der Waals surface area contributed by atoms with Gasteiger partial charge in [0.15, 0.2) is 6.10 Å². The third-order valence-electron chi connectivity index (χ3n) is 3.13. The fourth-order valence-electron chi connectivity index (χ4n) is 1.97. The molecule has 0 aromatic heterocycles. The van der Waals surface area contributed by atoms with E-state index >= 15 is 0 Å². The van der Waals surface area contributed by atoms with Gasteiger partial charge in [-0.2, -0.15) is 0 Å². The van der Waals surface area contributed by atoms with Crippen molar-refractivity contribution in [2.24, 2.45) is 0 Å². The monoisotopic (exact) mass is 304 g/mol. The summed E-state index contributed by atoms with van der Waals surface area (Å²) >= 11 is 5.81. The molecule has 2 aromatic carbocycles. The Morgan fingerprint density at radius 2 is 1.76 bits per heavy atom. The molecule has 0 saturated heterocycles. The summed E-state index contributed by atoms with van der Waals surface area (Å²) in [5.74, 6) is 0.539. The molecule has 0 aliphatic rings. The Bertz CT molecular complexity index is 590. The van der Waals surface area contributed by atoms with E-state index in [1.165, 1.54) is 0 Å². The first-order chi connectivity index (χ1) is 10.1. The number of hydrogen-bond donors (Lipinski definition) is 1. The van der Waals surface area contributed by atoms with Crippen LogP contribution in [0.25, 0.3) is 0 Å². The Kier molecular flexibility index (Phi) is 5.37. The minimum atomic E-state index is -0.574. The van der Waals surface area contributed by atoms with Crippen molar-refractivity contribution in [1.29, 1.82) is 0 Å². The summed E-state index contributed by atoms with van der Waals surface area (Å²) in [5.41, 5.74) is 1.60. The summed E-state index contributed by atoms with van der Waals surface area (Å²) in [6, 6.07) is 14.1. The van der Waals surface area contributed by atoms with Crippen LogP contribution in [0.5, 0.6) is 5.75 Å². The topological polar surface area (TPSA) is 46.5 Å². The number of carbonyl (C=O) groups excluding carboxylic acids is 1. The molecule has 2 aromatic rings. The molecule has 0 aliphatic heterocycles. The van der Waals surface area contributed by atoms with Crippen LogP contribution in [0.1, 0.15) is 22.8 Å². The standard InChI is InChI=1S/C17H17ClO3/c1-12(17(20)14-4-6-15(18)7-5-14)21-16-8-2-13(3-9-16)10-11-19/h2-9,12,19H,10-11H2,1H3. The highest BCUT2D eigenvalue weighted by atomic mass is 35.5. The van der Waals surface area contributed by atoms with Gasteiger partial charge in [0.05, 0.1) is 0 Å². The Morgan fingerprint density at radius 1 is 1.14 bits per heavy atom. The minimum Gasteiger partial charge on any atom is -0.483 e. The molecule has 3 nitrogen and oxygen atoms in total. The number of ether oxygens (including phenoxy) is 1. The first kappa shape index (κ1) is 15.5. The van der Waals surface area contributed by atoms with Crippen molar-refractivity contribution < 1.29 is 14.6 Å². The average Bonchev–Trinajstić information content (AvgIpc) is 2.49. The number of ketones is 1. The Labute approximate surface area is 129 Å². The van der Waals surface area contributed by atoms with Crippen molar-refractivity contribution in [3.63, 3.8) is 0 Å². The molecule has 0 heterocycles. The second kappa shape index (κ2) is 7.25. The predicted molar refractivity (Wildman–Crippen MR) is 83.1 cm³/mol. The number of hydrogen-bond acceptors (Lipinski definition) is 3. The molecule has 0 amide bonds. The van der Waals surface area contributed by atoms with Crippen molar-refractivity contribution in [2.45, 2.75) is 19.4 Å². The van der Waals surface area contributed by atoms with Gasteiger partial charge in [0.1, 0.15) is 5.75 Å². The van der Waals surface area contributed by atoms with E-state index in [-0.39, 0.29) is 12.4 Å². The van der Waals surface area contributed by atoms with Crippen LogP contribution < -0.4 is 4.74 Å². The van der Waals surface area contributed by atoms with Gasteiger partial charge in [0.25, 0.3) is 0 Å². The van der Waals surface area contributed by atoms with Gasteiger partial charge in [0, 0.05) is 17.2 Å². The number of benzene rings is 2. The second-order valence-corrected chi connectivity index (χ2v) is 5.19. The number of carbonyl (C=O) groups is 1. The third kappa shape index (κ3) is 4.31. The summed E-state index contributed by atoms with van der Waals surface area (Å²) in [6.07, 6.45) is 0.0365. The van der Waals surface area contributed by atoms with Gasteiger partial charge >= 0.3 is 0 Å². The molecule has 0 radical (unpaired) electrons. The fraction of sp³-hybridized carbons (Fsp3) is 0.235. The van der Waals surface area contributed by atoms with Gasteiger partial charge in [-0.3, -0.25) is 4.79 Å². The van der Waals surface area contributed by atoms with Gasteiger partial charge in [-0.05, 0) is 55.3 Å². The van der Waals surface area contributed by atoms with E-state index in [4.69, 9.17) is 21.4 Å². The molecule has 110 valence electrons. The van der Waals surface area contributed by atoms with Gasteiger partial charge < -0.3 is 9.84 Å². The quantitative estimate of drug-likeness (QED) is 0.831. The van der Waals surface area contributed by atoms with Gasteiger partial charge in [0.2, 0.25) is 5.78 Å². The number of aliphatic hydroxyl groups is 1. The molecule has 4 heteroatoms.